The molecule has 2 rings (SSSR count). The normalized spacial score (nSPS) is 11.3. The molecule has 0 aliphatic carbocycles. The average Bonchev–Trinajstić information content (AvgIpc) is 2.92. The van der Waals surface area contributed by atoms with Gasteiger partial charge in [-0.05, 0) is 31.9 Å². The van der Waals surface area contributed by atoms with Gasteiger partial charge < -0.3 is 5.32 Å². The molecule has 0 saturated carbocycles. The van der Waals surface area contributed by atoms with Crippen molar-refractivity contribution in [1.29, 1.82) is 0 Å². The molecule has 9 heteroatoms. The number of carbonyl (C=O) groups is 1. The third-order valence-electron chi connectivity index (χ3n) is 3.12. The summed E-state index contributed by atoms with van der Waals surface area (Å²) in [6, 6.07) is 3.80. The van der Waals surface area contributed by atoms with Crippen molar-refractivity contribution in [2.45, 2.75) is 38.5 Å². The summed E-state index contributed by atoms with van der Waals surface area (Å²) in [4.78, 5) is 11.3. The van der Waals surface area contributed by atoms with E-state index in [2.05, 4.69) is 20.2 Å². The quantitative estimate of drug-likeness (QED) is 0.804. The fourth-order valence-corrected chi connectivity index (χ4v) is 4.22. The molecule has 0 aliphatic rings. The molecule has 0 radical (unpaired) electrons. The molecule has 0 atom stereocenters. The number of nitrogens with one attached hydrogen (secondary N) is 2. The number of aromatic nitrogens is 2. The Bertz CT molecular complexity index is 820. The SMILES string of the molecule is CCC(=O)Nc1nnc(S(=O)(=O)Nc2c(C)cc(C)cc2C)s1. The Labute approximate surface area is 139 Å². The lowest BCUT2D eigenvalue weighted by atomic mass is 10.1. The van der Waals surface area contributed by atoms with Crippen LogP contribution in [0.25, 0.3) is 0 Å². The molecular formula is C14H18N4O3S2. The summed E-state index contributed by atoms with van der Waals surface area (Å²) in [7, 11) is -3.85. The molecule has 0 bridgehead atoms. The van der Waals surface area contributed by atoms with Crippen LogP contribution in [0.5, 0.6) is 0 Å². The van der Waals surface area contributed by atoms with Crippen LogP contribution in [-0.4, -0.2) is 24.5 Å². The van der Waals surface area contributed by atoms with E-state index in [-0.39, 0.29) is 21.8 Å². The van der Waals surface area contributed by atoms with Crippen LogP contribution in [-0.2, 0) is 14.8 Å². The highest BCUT2D eigenvalue weighted by Crippen LogP contribution is 2.27. The monoisotopic (exact) mass is 354 g/mol. The minimum absolute atomic E-state index is 0.162. The van der Waals surface area contributed by atoms with Gasteiger partial charge >= 0.3 is 0 Å². The van der Waals surface area contributed by atoms with Gasteiger partial charge in [0, 0.05) is 6.42 Å². The second kappa shape index (κ2) is 6.63. The molecule has 2 aromatic rings. The molecule has 7 nitrogen and oxygen atoms in total. The summed E-state index contributed by atoms with van der Waals surface area (Å²) < 4.78 is 27.2. The zero-order chi connectivity index (χ0) is 17.2. The van der Waals surface area contributed by atoms with E-state index in [1.54, 1.807) is 6.92 Å². The lowest BCUT2D eigenvalue weighted by Crippen LogP contribution is -2.14. The maximum Gasteiger partial charge on any atom is 0.291 e. The van der Waals surface area contributed by atoms with Crippen LogP contribution in [0.4, 0.5) is 10.8 Å². The lowest BCUT2D eigenvalue weighted by Gasteiger charge is -2.12. The minimum atomic E-state index is -3.85. The summed E-state index contributed by atoms with van der Waals surface area (Å²) in [5.41, 5.74) is 3.25. The minimum Gasteiger partial charge on any atom is -0.301 e. The van der Waals surface area contributed by atoms with Gasteiger partial charge in [0.25, 0.3) is 14.4 Å². The average molecular weight is 354 g/mol. The number of anilines is 2. The van der Waals surface area contributed by atoms with E-state index in [4.69, 9.17) is 0 Å². The maximum absolute atomic E-state index is 12.4. The van der Waals surface area contributed by atoms with Crippen molar-refractivity contribution in [3.63, 3.8) is 0 Å². The Balaban J connectivity index is 2.28. The molecule has 0 aliphatic heterocycles. The number of sulfonamides is 1. The van der Waals surface area contributed by atoms with E-state index in [9.17, 15) is 13.2 Å². The number of aryl methyl sites for hydroxylation is 3. The molecule has 0 spiro atoms. The number of benzene rings is 1. The standard InChI is InChI=1S/C14H18N4O3S2/c1-5-11(19)15-13-16-17-14(22-13)23(20,21)18-12-9(3)6-8(2)7-10(12)4/h6-7,18H,5H2,1-4H3,(H,15,16,19). The molecule has 0 saturated heterocycles. The number of nitrogens with zero attached hydrogens (tertiary/aromatic N) is 2. The Morgan fingerprint density at radius 3 is 2.35 bits per heavy atom. The van der Waals surface area contributed by atoms with Gasteiger partial charge in [0.15, 0.2) is 0 Å². The third-order valence-corrected chi connectivity index (χ3v) is 5.67. The fourth-order valence-electron chi connectivity index (χ4n) is 2.10. The number of amides is 1. The topological polar surface area (TPSA) is 101 Å². The van der Waals surface area contributed by atoms with Crippen molar-refractivity contribution in [3.8, 4) is 0 Å². The molecular weight excluding hydrogens is 336 g/mol. The molecule has 1 aromatic carbocycles. The number of carbonyl (C=O) groups excluding carboxylic acids is 1. The van der Waals surface area contributed by atoms with Gasteiger partial charge in [-0.3, -0.25) is 9.52 Å². The fraction of sp³-hybridized carbons (Fsp3) is 0.357. The highest BCUT2D eigenvalue weighted by atomic mass is 32.2. The summed E-state index contributed by atoms with van der Waals surface area (Å²) >= 11 is 0.813. The first-order chi connectivity index (χ1) is 10.7. The second-order valence-corrected chi connectivity index (χ2v) is 7.99. The first-order valence-electron chi connectivity index (χ1n) is 6.97. The van der Waals surface area contributed by atoms with E-state index in [1.807, 2.05) is 32.9 Å². The summed E-state index contributed by atoms with van der Waals surface area (Å²) in [6.45, 7) is 7.32. The number of rotatable bonds is 5. The van der Waals surface area contributed by atoms with Gasteiger partial charge in [0.1, 0.15) is 0 Å². The van der Waals surface area contributed by atoms with Gasteiger partial charge in [-0.25, -0.2) is 0 Å². The van der Waals surface area contributed by atoms with Crippen molar-refractivity contribution < 1.29 is 13.2 Å². The van der Waals surface area contributed by atoms with E-state index in [0.717, 1.165) is 28.0 Å². The lowest BCUT2D eigenvalue weighted by molar-refractivity contribution is -0.115. The molecule has 2 N–H and O–H groups in total. The van der Waals surface area contributed by atoms with E-state index in [0.29, 0.717) is 5.69 Å². The maximum atomic E-state index is 12.4. The predicted octanol–water partition coefficient (Wildman–Crippen LogP) is 2.61. The second-order valence-electron chi connectivity index (χ2n) is 5.15. The largest absolute Gasteiger partial charge is 0.301 e. The zero-order valence-corrected chi connectivity index (χ0v) is 14.9. The van der Waals surface area contributed by atoms with Crippen LogP contribution in [0.3, 0.4) is 0 Å². The number of hydrogen-bond donors (Lipinski definition) is 2. The molecule has 1 aromatic heterocycles. The highest BCUT2D eigenvalue weighted by molar-refractivity contribution is 7.94. The Morgan fingerprint density at radius 2 is 1.78 bits per heavy atom. The Morgan fingerprint density at radius 1 is 1.17 bits per heavy atom. The summed E-state index contributed by atoms with van der Waals surface area (Å²) in [5.74, 6) is -0.247. The van der Waals surface area contributed by atoms with Crippen molar-refractivity contribution in [2.24, 2.45) is 0 Å². The number of hydrogen-bond acceptors (Lipinski definition) is 6. The van der Waals surface area contributed by atoms with Gasteiger partial charge in [-0.15, -0.1) is 10.2 Å². The molecule has 124 valence electrons. The first-order valence-corrected chi connectivity index (χ1v) is 9.27. The van der Waals surface area contributed by atoms with Gasteiger partial charge in [-0.2, -0.15) is 8.42 Å². The molecule has 0 fully saturated rings. The van der Waals surface area contributed by atoms with Gasteiger partial charge in [0.2, 0.25) is 11.0 Å². The van der Waals surface area contributed by atoms with Crippen LogP contribution in [0.1, 0.15) is 30.0 Å². The molecule has 1 amide bonds. The predicted molar refractivity (Wildman–Crippen MR) is 90.3 cm³/mol. The van der Waals surface area contributed by atoms with E-state index in [1.165, 1.54) is 0 Å². The van der Waals surface area contributed by atoms with Crippen LogP contribution in [0.15, 0.2) is 16.5 Å². The summed E-state index contributed by atoms with van der Waals surface area (Å²) in [5, 5.41) is 9.99. The molecule has 1 heterocycles. The first kappa shape index (κ1) is 17.4. The van der Waals surface area contributed by atoms with Gasteiger partial charge in [0.05, 0.1) is 5.69 Å². The van der Waals surface area contributed by atoms with E-state index >= 15 is 0 Å². The third kappa shape index (κ3) is 4.05. The molecule has 0 unspecified atom stereocenters. The van der Waals surface area contributed by atoms with Gasteiger partial charge in [-0.1, -0.05) is 36.0 Å². The molecule has 23 heavy (non-hydrogen) atoms. The van der Waals surface area contributed by atoms with Crippen LogP contribution < -0.4 is 10.0 Å². The zero-order valence-electron chi connectivity index (χ0n) is 13.3. The van der Waals surface area contributed by atoms with Crippen molar-refractivity contribution in [1.82, 2.24) is 10.2 Å². The van der Waals surface area contributed by atoms with Crippen molar-refractivity contribution in [3.05, 3.63) is 28.8 Å². The smallest absolute Gasteiger partial charge is 0.291 e. The van der Waals surface area contributed by atoms with Crippen LogP contribution >= 0.6 is 11.3 Å². The Hall–Kier alpha value is -2.00. The summed E-state index contributed by atoms with van der Waals surface area (Å²) in [6.07, 6.45) is 0.279. The van der Waals surface area contributed by atoms with Crippen LogP contribution in [0.2, 0.25) is 0 Å². The van der Waals surface area contributed by atoms with Crippen molar-refractivity contribution in [2.75, 3.05) is 10.0 Å². The highest BCUT2D eigenvalue weighted by Gasteiger charge is 2.22. The Kier molecular flexibility index (Phi) is 5.00. The van der Waals surface area contributed by atoms with Crippen LogP contribution in [0, 0.1) is 20.8 Å². The van der Waals surface area contributed by atoms with E-state index < -0.39 is 10.0 Å². The van der Waals surface area contributed by atoms with Crippen molar-refractivity contribution >= 4 is 38.1 Å².